The van der Waals surface area contributed by atoms with Gasteiger partial charge in [-0.2, -0.15) is 0 Å². The SMILES string of the molecule is CC(CO)(Nc1ccc(F)cc1)c1ccc(Br)cc1F. The third-order valence-electron chi connectivity index (χ3n) is 3.11. The van der Waals surface area contributed by atoms with E-state index in [0.717, 1.165) is 0 Å². The van der Waals surface area contributed by atoms with Crippen molar-refractivity contribution in [2.45, 2.75) is 12.5 Å². The summed E-state index contributed by atoms with van der Waals surface area (Å²) in [6, 6.07) is 10.3. The van der Waals surface area contributed by atoms with Gasteiger partial charge in [0.25, 0.3) is 0 Å². The molecule has 0 aliphatic rings. The molecule has 2 rings (SSSR count). The van der Waals surface area contributed by atoms with E-state index in [0.29, 0.717) is 15.7 Å². The number of hydrogen-bond donors (Lipinski definition) is 2. The second-order valence-electron chi connectivity index (χ2n) is 4.75. The van der Waals surface area contributed by atoms with Crippen LogP contribution in [0.2, 0.25) is 0 Å². The molecule has 1 atom stereocenters. The number of rotatable bonds is 4. The molecule has 0 bridgehead atoms. The first kappa shape index (κ1) is 14.9. The van der Waals surface area contributed by atoms with Gasteiger partial charge in [0.1, 0.15) is 11.6 Å². The molecule has 2 nitrogen and oxygen atoms in total. The molecule has 0 saturated carbocycles. The van der Waals surface area contributed by atoms with Gasteiger partial charge in [0.05, 0.1) is 12.1 Å². The van der Waals surface area contributed by atoms with E-state index >= 15 is 0 Å². The molecule has 0 spiro atoms. The average molecular weight is 342 g/mol. The topological polar surface area (TPSA) is 32.3 Å². The lowest BCUT2D eigenvalue weighted by molar-refractivity contribution is 0.220. The molecule has 2 aromatic carbocycles. The van der Waals surface area contributed by atoms with Crippen molar-refractivity contribution in [2.75, 3.05) is 11.9 Å². The standard InChI is InChI=1S/C15H14BrF2NO/c1-15(9-20,13-7-2-10(16)8-14(13)18)19-12-5-3-11(17)4-6-12/h2-8,19-20H,9H2,1H3. The van der Waals surface area contributed by atoms with E-state index in [4.69, 9.17) is 0 Å². The Kier molecular flexibility index (Phi) is 4.40. The van der Waals surface area contributed by atoms with Gasteiger partial charge in [0, 0.05) is 15.7 Å². The summed E-state index contributed by atoms with van der Waals surface area (Å²) in [5.41, 5.74) is -0.0550. The molecule has 2 N–H and O–H groups in total. The van der Waals surface area contributed by atoms with E-state index in [9.17, 15) is 13.9 Å². The molecule has 0 heterocycles. The number of nitrogens with one attached hydrogen (secondary N) is 1. The molecule has 2 aromatic rings. The zero-order chi connectivity index (χ0) is 14.8. The van der Waals surface area contributed by atoms with E-state index in [-0.39, 0.29) is 12.4 Å². The van der Waals surface area contributed by atoms with Crippen LogP contribution in [0.5, 0.6) is 0 Å². The number of halogens is 3. The van der Waals surface area contributed by atoms with Crippen LogP contribution in [-0.2, 0) is 5.54 Å². The monoisotopic (exact) mass is 341 g/mol. The second-order valence-corrected chi connectivity index (χ2v) is 5.66. The Labute approximate surface area is 124 Å². The Morgan fingerprint density at radius 3 is 2.35 bits per heavy atom. The van der Waals surface area contributed by atoms with Gasteiger partial charge < -0.3 is 10.4 Å². The van der Waals surface area contributed by atoms with Crippen molar-refractivity contribution in [3.8, 4) is 0 Å². The molecule has 1 unspecified atom stereocenters. The first-order valence-electron chi connectivity index (χ1n) is 6.05. The van der Waals surface area contributed by atoms with Crippen LogP contribution in [-0.4, -0.2) is 11.7 Å². The molecule has 106 valence electrons. The number of aliphatic hydroxyl groups excluding tert-OH is 1. The Morgan fingerprint density at radius 2 is 1.80 bits per heavy atom. The van der Waals surface area contributed by atoms with Crippen molar-refractivity contribution in [3.63, 3.8) is 0 Å². The molecular weight excluding hydrogens is 328 g/mol. The largest absolute Gasteiger partial charge is 0.394 e. The van der Waals surface area contributed by atoms with Crippen LogP contribution in [0, 0.1) is 11.6 Å². The molecule has 5 heteroatoms. The predicted molar refractivity (Wildman–Crippen MR) is 78.6 cm³/mol. The molecule has 0 saturated heterocycles. The molecule has 0 aliphatic heterocycles. The summed E-state index contributed by atoms with van der Waals surface area (Å²) in [4.78, 5) is 0. The lowest BCUT2D eigenvalue weighted by Gasteiger charge is -2.31. The van der Waals surface area contributed by atoms with Gasteiger partial charge in [0.2, 0.25) is 0 Å². The summed E-state index contributed by atoms with van der Waals surface area (Å²) in [6.07, 6.45) is 0. The van der Waals surface area contributed by atoms with Crippen molar-refractivity contribution in [2.24, 2.45) is 0 Å². The maximum atomic E-state index is 14.1. The smallest absolute Gasteiger partial charge is 0.129 e. The molecule has 0 aliphatic carbocycles. The average Bonchev–Trinajstić information content (AvgIpc) is 2.41. The van der Waals surface area contributed by atoms with Crippen LogP contribution in [0.25, 0.3) is 0 Å². The minimum absolute atomic E-state index is 0.303. The van der Waals surface area contributed by atoms with Crippen molar-refractivity contribution in [1.29, 1.82) is 0 Å². The Hall–Kier alpha value is -1.46. The first-order valence-corrected chi connectivity index (χ1v) is 6.84. The van der Waals surface area contributed by atoms with E-state index in [1.807, 2.05) is 0 Å². The predicted octanol–water partition coefficient (Wildman–Crippen LogP) is 4.05. The Morgan fingerprint density at radius 1 is 1.15 bits per heavy atom. The first-order chi connectivity index (χ1) is 9.44. The minimum atomic E-state index is -0.997. The van der Waals surface area contributed by atoms with Gasteiger partial charge in [-0.3, -0.25) is 0 Å². The highest BCUT2D eigenvalue weighted by Crippen LogP contribution is 2.29. The Bertz CT molecular complexity index is 603. The molecule has 0 fully saturated rings. The summed E-state index contributed by atoms with van der Waals surface area (Å²) in [5, 5.41) is 12.7. The molecule has 0 aromatic heterocycles. The summed E-state index contributed by atoms with van der Waals surface area (Å²) in [5.74, 6) is -0.776. The summed E-state index contributed by atoms with van der Waals surface area (Å²) in [7, 11) is 0. The van der Waals surface area contributed by atoms with Crippen LogP contribution in [0.15, 0.2) is 46.9 Å². The van der Waals surface area contributed by atoms with Crippen LogP contribution in [0.1, 0.15) is 12.5 Å². The molecular formula is C15H14BrF2NO. The van der Waals surface area contributed by atoms with Gasteiger partial charge in [-0.05, 0) is 43.3 Å². The van der Waals surface area contributed by atoms with Crippen LogP contribution >= 0.6 is 15.9 Å². The molecule has 20 heavy (non-hydrogen) atoms. The van der Waals surface area contributed by atoms with Gasteiger partial charge in [0.15, 0.2) is 0 Å². The summed E-state index contributed by atoms with van der Waals surface area (Å²) < 4.78 is 27.6. The number of anilines is 1. The summed E-state index contributed by atoms with van der Waals surface area (Å²) in [6.45, 7) is 1.38. The van der Waals surface area contributed by atoms with Gasteiger partial charge in [-0.1, -0.05) is 22.0 Å². The molecule has 0 radical (unpaired) electrons. The lowest BCUT2D eigenvalue weighted by Crippen LogP contribution is -2.36. The fourth-order valence-corrected chi connectivity index (χ4v) is 2.31. The zero-order valence-electron chi connectivity index (χ0n) is 10.8. The van der Waals surface area contributed by atoms with Crippen LogP contribution in [0.4, 0.5) is 14.5 Å². The third kappa shape index (κ3) is 3.16. The second kappa shape index (κ2) is 5.89. The Balaban J connectivity index is 2.35. The van der Waals surface area contributed by atoms with E-state index in [1.54, 1.807) is 31.2 Å². The number of aliphatic hydroxyl groups is 1. The lowest BCUT2D eigenvalue weighted by atomic mass is 9.92. The minimum Gasteiger partial charge on any atom is -0.394 e. The van der Waals surface area contributed by atoms with Crippen molar-refractivity contribution < 1.29 is 13.9 Å². The third-order valence-corrected chi connectivity index (χ3v) is 3.60. The highest BCUT2D eigenvalue weighted by Gasteiger charge is 2.28. The fourth-order valence-electron chi connectivity index (χ4n) is 1.98. The van der Waals surface area contributed by atoms with Crippen LogP contribution in [0.3, 0.4) is 0 Å². The summed E-state index contributed by atoms with van der Waals surface area (Å²) >= 11 is 3.20. The zero-order valence-corrected chi connectivity index (χ0v) is 12.4. The van der Waals surface area contributed by atoms with Gasteiger partial charge >= 0.3 is 0 Å². The fraction of sp³-hybridized carbons (Fsp3) is 0.200. The van der Waals surface area contributed by atoms with Gasteiger partial charge in [-0.25, -0.2) is 8.78 Å². The van der Waals surface area contributed by atoms with Gasteiger partial charge in [-0.15, -0.1) is 0 Å². The van der Waals surface area contributed by atoms with E-state index in [1.165, 1.54) is 18.2 Å². The normalized spacial score (nSPS) is 13.8. The number of benzene rings is 2. The van der Waals surface area contributed by atoms with Crippen molar-refractivity contribution in [3.05, 3.63) is 64.1 Å². The van der Waals surface area contributed by atoms with Crippen molar-refractivity contribution in [1.82, 2.24) is 0 Å². The highest BCUT2D eigenvalue weighted by molar-refractivity contribution is 9.10. The highest BCUT2D eigenvalue weighted by atomic mass is 79.9. The number of hydrogen-bond acceptors (Lipinski definition) is 2. The van der Waals surface area contributed by atoms with Crippen molar-refractivity contribution >= 4 is 21.6 Å². The van der Waals surface area contributed by atoms with E-state index in [2.05, 4.69) is 21.2 Å². The van der Waals surface area contributed by atoms with Crippen LogP contribution < -0.4 is 5.32 Å². The van der Waals surface area contributed by atoms with E-state index < -0.39 is 11.4 Å². The quantitative estimate of drug-likeness (QED) is 0.879. The maximum absolute atomic E-state index is 14.1. The molecule has 0 amide bonds. The maximum Gasteiger partial charge on any atom is 0.129 e.